The molecule has 1 atom stereocenters. The van der Waals surface area contributed by atoms with Gasteiger partial charge in [0.05, 0.1) is 18.4 Å². The molecular formula is C10H15N5. The quantitative estimate of drug-likeness (QED) is 0.821. The van der Waals surface area contributed by atoms with Gasteiger partial charge in [-0.3, -0.25) is 4.68 Å². The highest BCUT2D eigenvalue weighted by Crippen LogP contribution is 2.18. The average molecular weight is 205 g/mol. The summed E-state index contributed by atoms with van der Waals surface area (Å²) >= 11 is 0. The van der Waals surface area contributed by atoms with Gasteiger partial charge in [0, 0.05) is 18.3 Å². The molecule has 0 saturated carbocycles. The summed E-state index contributed by atoms with van der Waals surface area (Å²) in [6.45, 7) is 4.99. The molecular weight excluding hydrogens is 190 g/mol. The van der Waals surface area contributed by atoms with Crippen LogP contribution in [0.4, 0.5) is 5.82 Å². The summed E-state index contributed by atoms with van der Waals surface area (Å²) in [4.78, 5) is 0. The topological polar surface area (TPSA) is 61.7 Å². The zero-order valence-corrected chi connectivity index (χ0v) is 8.96. The van der Waals surface area contributed by atoms with Gasteiger partial charge < -0.3 is 5.73 Å². The van der Waals surface area contributed by atoms with Crippen LogP contribution < -0.4 is 5.73 Å². The van der Waals surface area contributed by atoms with Crippen molar-refractivity contribution in [2.45, 2.75) is 26.4 Å². The van der Waals surface area contributed by atoms with Crippen LogP contribution in [-0.2, 0) is 6.54 Å². The maximum absolute atomic E-state index is 5.79. The number of rotatable bonds is 3. The zero-order valence-electron chi connectivity index (χ0n) is 8.96. The first-order chi connectivity index (χ1) is 7.22. The number of nitrogens with two attached hydrogens (primary N) is 1. The van der Waals surface area contributed by atoms with Crippen molar-refractivity contribution in [1.82, 2.24) is 19.6 Å². The number of hydrogen-bond acceptors (Lipinski definition) is 3. The van der Waals surface area contributed by atoms with E-state index in [-0.39, 0.29) is 6.04 Å². The molecule has 0 amide bonds. The second-order valence-corrected chi connectivity index (χ2v) is 3.51. The molecule has 1 unspecified atom stereocenters. The van der Waals surface area contributed by atoms with Crippen molar-refractivity contribution in [2.24, 2.45) is 0 Å². The second kappa shape index (κ2) is 3.76. The monoisotopic (exact) mass is 205 g/mol. The SMILES string of the molecule is CCn1cc(C(C)n2nccc2N)cn1. The van der Waals surface area contributed by atoms with Crippen molar-refractivity contribution in [3.05, 3.63) is 30.2 Å². The lowest BCUT2D eigenvalue weighted by Crippen LogP contribution is -2.10. The highest BCUT2D eigenvalue weighted by atomic mass is 15.3. The predicted molar refractivity (Wildman–Crippen MR) is 58.4 cm³/mol. The molecule has 0 aliphatic heterocycles. The van der Waals surface area contributed by atoms with Crippen LogP contribution in [0, 0.1) is 0 Å². The molecule has 80 valence electrons. The van der Waals surface area contributed by atoms with E-state index >= 15 is 0 Å². The van der Waals surface area contributed by atoms with Crippen LogP contribution in [0.3, 0.4) is 0 Å². The van der Waals surface area contributed by atoms with E-state index in [1.807, 2.05) is 17.1 Å². The molecule has 5 heteroatoms. The van der Waals surface area contributed by atoms with E-state index in [0.29, 0.717) is 5.82 Å². The first-order valence-electron chi connectivity index (χ1n) is 5.03. The first-order valence-corrected chi connectivity index (χ1v) is 5.03. The van der Waals surface area contributed by atoms with Crippen molar-refractivity contribution in [1.29, 1.82) is 0 Å². The van der Waals surface area contributed by atoms with E-state index in [9.17, 15) is 0 Å². The van der Waals surface area contributed by atoms with Crippen LogP contribution in [-0.4, -0.2) is 19.6 Å². The number of nitrogens with zero attached hydrogens (tertiary/aromatic N) is 4. The molecule has 0 saturated heterocycles. The van der Waals surface area contributed by atoms with E-state index < -0.39 is 0 Å². The smallest absolute Gasteiger partial charge is 0.122 e. The molecule has 0 bridgehead atoms. The second-order valence-electron chi connectivity index (χ2n) is 3.51. The van der Waals surface area contributed by atoms with Gasteiger partial charge in [-0.1, -0.05) is 0 Å². The summed E-state index contributed by atoms with van der Waals surface area (Å²) in [7, 11) is 0. The molecule has 0 fully saturated rings. The van der Waals surface area contributed by atoms with E-state index in [4.69, 9.17) is 5.73 Å². The van der Waals surface area contributed by atoms with Crippen molar-refractivity contribution < 1.29 is 0 Å². The van der Waals surface area contributed by atoms with Crippen molar-refractivity contribution in [3.63, 3.8) is 0 Å². The maximum atomic E-state index is 5.79. The van der Waals surface area contributed by atoms with Crippen LogP contribution in [0.5, 0.6) is 0 Å². The van der Waals surface area contributed by atoms with Crippen LogP contribution in [0.1, 0.15) is 25.5 Å². The minimum absolute atomic E-state index is 0.125. The Bertz CT molecular complexity index is 442. The Kier molecular flexibility index (Phi) is 2.45. The molecule has 0 aliphatic rings. The van der Waals surface area contributed by atoms with Gasteiger partial charge in [0.1, 0.15) is 5.82 Å². The number of nitrogen functional groups attached to an aromatic ring is 1. The Morgan fingerprint density at radius 3 is 2.80 bits per heavy atom. The van der Waals surface area contributed by atoms with Gasteiger partial charge in [0.2, 0.25) is 0 Å². The minimum atomic E-state index is 0.125. The number of aryl methyl sites for hydroxylation is 1. The van der Waals surface area contributed by atoms with Crippen LogP contribution in [0.25, 0.3) is 0 Å². The Morgan fingerprint density at radius 2 is 2.27 bits per heavy atom. The van der Waals surface area contributed by atoms with E-state index in [0.717, 1.165) is 12.1 Å². The van der Waals surface area contributed by atoms with Gasteiger partial charge in [-0.2, -0.15) is 10.2 Å². The summed E-state index contributed by atoms with van der Waals surface area (Å²) in [5, 5.41) is 8.41. The Labute approximate surface area is 88.5 Å². The van der Waals surface area contributed by atoms with Crippen LogP contribution >= 0.6 is 0 Å². The van der Waals surface area contributed by atoms with Gasteiger partial charge in [0.25, 0.3) is 0 Å². The summed E-state index contributed by atoms with van der Waals surface area (Å²) in [6.07, 6.45) is 5.58. The Balaban J connectivity index is 2.28. The molecule has 2 aromatic heterocycles. The lowest BCUT2D eigenvalue weighted by atomic mass is 10.2. The minimum Gasteiger partial charge on any atom is -0.384 e. The predicted octanol–water partition coefficient (Wildman–Crippen LogP) is 1.29. The third-order valence-electron chi connectivity index (χ3n) is 2.53. The van der Waals surface area contributed by atoms with Crippen LogP contribution in [0.2, 0.25) is 0 Å². The molecule has 2 rings (SSSR count). The van der Waals surface area contributed by atoms with Crippen LogP contribution in [0.15, 0.2) is 24.7 Å². The Hall–Kier alpha value is -1.78. The lowest BCUT2D eigenvalue weighted by molar-refractivity contribution is 0.571. The third-order valence-corrected chi connectivity index (χ3v) is 2.53. The lowest BCUT2D eigenvalue weighted by Gasteiger charge is -2.11. The van der Waals surface area contributed by atoms with Gasteiger partial charge in [-0.15, -0.1) is 0 Å². The van der Waals surface area contributed by atoms with Crippen molar-refractivity contribution in [3.8, 4) is 0 Å². The van der Waals surface area contributed by atoms with Gasteiger partial charge in [-0.25, -0.2) is 4.68 Å². The van der Waals surface area contributed by atoms with Crippen molar-refractivity contribution >= 4 is 5.82 Å². The molecule has 2 N–H and O–H groups in total. The molecule has 0 radical (unpaired) electrons. The highest BCUT2D eigenvalue weighted by Gasteiger charge is 2.12. The first kappa shape index (κ1) is 9.76. The number of anilines is 1. The normalized spacial score (nSPS) is 12.9. The fourth-order valence-electron chi connectivity index (χ4n) is 1.56. The number of hydrogen-bond donors (Lipinski definition) is 1. The standard InChI is InChI=1S/C10H15N5/c1-3-14-7-9(6-13-14)8(2)15-10(11)4-5-12-15/h4-8H,3,11H2,1-2H3. The molecule has 0 spiro atoms. The van der Waals surface area contributed by atoms with Crippen molar-refractivity contribution in [2.75, 3.05) is 5.73 Å². The summed E-state index contributed by atoms with van der Waals surface area (Å²) in [5.41, 5.74) is 6.91. The zero-order chi connectivity index (χ0) is 10.8. The highest BCUT2D eigenvalue weighted by molar-refractivity contribution is 5.29. The maximum Gasteiger partial charge on any atom is 0.122 e. The fraction of sp³-hybridized carbons (Fsp3) is 0.400. The Morgan fingerprint density at radius 1 is 1.47 bits per heavy atom. The van der Waals surface area contributed by atoms with E-state index in [2.05, 4.69) is 24.0 Å². The summed E-state index contributed by atoms with van der Waals surface area (Å²) < 4.78 is 3.68. The van der Waals surface area contributed by atoms with Gasteiger partial charge >= 0.3 is 0 Å². The number of aromatic nitrogens is 4. The molecule has 5 nitrogen and oxygen atoms in total. The molecule has 0 aliphatic carbocycles. The van der Waals surface area contributed by atoms with Gasteiger partial charge in [-0.05, 0) is 19.9 Å². The molecule has 2 heterocycles. The molecule has 2 aromatic rings. The van der Waals surface area contributed by atoms with E-state index in [1.54, 1.807) is 16.9 Å². The molecule has 15 heavy (non-hydrogen) atoms. The third kappa shape index (κ3) is 1.72. The van der Waals surface area contributed by atoms with Gasteiger partial charge in [0.15, 0.2) is 0 Å². The van der Waals surface area contributed by atoms with E-state index in [1.165, 1.54) is 0 Å². The summed E-state index contributed by atoms with van der Waals surface area (Å²) in [6, 6.07) is 1.92. The fourth-order valence-corrected chi connectivity index (χ4v) is 1.56. The summed E-state index contributed by atoms with van der Waals surface area (Å²) in [5.74, 6) is 0.673. The average Bonchev–Trinajstić information content (AvgIpc) is 2.84. The molecule has 0 aromatic carbocycles. The largest absolute Gasteiger partial charge is 0.384 e.